The van der Waals surface area contributed by atoms with Crippen LogP contribution in [0.4, 0.5) is 0 Å². The number of rotatable bonds is 4. The van der Waals surface area contributed by atoms with Crippen molar-refractivity contribution in [3.05, 3.63) is 42.1 Å². The lowest BCUT2D eigenvalue weighted by Gasteiger charge is -2.13. The molecule has 90 valence electrons. The van der Waals surface area contributed by atoms with Gasteiger partial charge in [0.05, 0.1) is 18.4 Å². The van der Waals surface area contributed by atoms with Gasteiger partial charge in [-0.2, -0.15) is 5.10 Å². The average Bonchev–Trinajstić information content (AvgIpc) is 2.88. The number of nitrogens with one attached hydrogen (secondary N) is 1. The van der Waals surface area contributed by atoms with Crippen molar-refractivity contribution in [2.75, 3.05) is 0 Å². The Morgan fingerprint density at radius 1 is 1.65 bits per heavy atom. The molecule has 0 bridgehead atoms. The highest BCUT2D eigenvalue weighted by atomic mass is 16.3. The zero-order valence-corrected chi connectivity index (χ0v) is 9.88. The average molecular weight is 233 g/mol. The first-order chi connectivity index (χ1) is 8.16. The second-order valence-electron chi connectivity index (χ2n) is 3.99. The van der Waals surface area contributed by atoms with E-state index in [0.29, 0.717) is 17.9 Å². The standard InChI is InChI=1S/C12H15N3O2/c1-9(8-15-6-3-5-13-15)14-12(16)11-4-7-17-10(11)2/h3-7,9H,8H2,1-2H3,(H,14,16). The molecule has 2 aromatic heterocycles. The summed E-state index contributed by atoms with van der Waals surface area (Å²) >= 11 is 0. The van der Waals surface area contributed by atoms with Crippen LogP contribution in [0.1, 0.15) is 23.0 Å². The lowest BCUT2D eigenvalue weighted by atomic mass is 10.2. The summed E-state index contributed by atoms with van der Waals surface area (Å²) < 4.78 is 6.88. The first-order valence-electron chi connectivity index (χ1n) is 5.49. The van der Waals surface area contributed by atoms with E-state index in [4.69, 9.17) is 4.42 Å². The van der Waals surface area contributed by atoms with Crippen molar-refractivity contribution in [3.8, 4) is 0 Å². The molecular weight excluding hydrogens is 218 g/mol. The summed E-state index contributed by atoms with van der Waals surface area (Å²) in [5.74, 6) is 0.518. The van der Waals surface area contributed by atoms with Crippen LogP contribution in [0.2, 0.25) is 0 Å². The van der Waals surface area contributed by atoms with Crippen molar-refractivity contribution < 1.29 is 9.21 Å². The van der Waals surface area contributed by atoms with Crippen molar-refractivity contribution in [1.29, 1.82) is 0 Å². The molecule has 5 heteroatoms. The zero-order valence-electron chi connectivity index (χ0n) is 9.88. The summed E-state index contributed by atoms with van der Waals surface area (Å²) in [5, 5.41) is 6.99. The molecule has 0 fully saturated rings. The topological polar surface area (TPSA) is 60.1 Å². The van der Waals surface area contributed by atoms with Gasteiger partial charge in [-0.15, -0.1) is 0 Å². The van der Waals surface area contributed by atoms with Gasteiger partial charge in [0, 0.05) is 18.4 Å². The van der Waals surface area contributed by atoms with Crippen LogP contribution in [0.25, 0.3) is 0 Å². The Balaban J connectivity index is 1.93. The van der Waals surface area contributed by atoms with Gasteiger partial charge in [-0.1, -0.05) is 0 Å². The van der Waals surface area contributed by atoms with Crippen LogP contribution in [-0.2, 0) is 6.54 Å². The molecule has 0 saturated carbocycles. The maximum absolute atomic E-state index is 11.9. The Morgan fingerprint density at radius 3 is 3.06 bits per heavy atom. The Hall–Kier alpha value is -2.04. The van der Waals surface area contributed by atoms with Crippen molar-refractivity contribution in [2.24, 2.45) is 0 Å². The van der Waals surface area contributed by atoms with E-state index < -0.39 is 0 Å². The number of carbonyl (C=O) groups is 1. The number of hydrogen-bond acceptors (Lipinski definition) is 3. The molecule has 2 heterocycles. The number of carbonyl (C=O) groups excluding carboxylic acids is 1. The monoisotopic (exact) mass is 233 g/mol. The van der Waals surface area contributed by atoms with Gasteiger partial charge in [-0.05, 0) is 26.0 Å². The molecule has 0 spiro atoms. The van der Waals surface area contributed by atoms with E-state index in [1.54, 1.807) is 23.9 Å². The number of furan rings is 1. The molecule has 1 amide bonds. The normalized spacial score (nSPS) is 12.4. The molecule has 1 N–H and O–H groups in total. The van der Waals surface area contributed by atoms with Crippen LogP contribution in [0.3, 0.4) is 0 Å². The molecular formula is C12H15N3O2. The highest BCUT2D eigenvalue weighted by Crippen LogP contribution is 2.08. The molecule has 0 aromatic carbocycles. The van der Waals surface area contributed by atoms with Gasteiger partial charge in [0.1, 0.15) is 5.76 Å². The quantitative estimate of drug-likeness (QED) is 0.872. The Bertz CT molecular complexity index is 488. The molecule has 0 aliphatic carbocycles. The van der Waals surface area contributed by atoms with Crippen molar-refractivity contribution in [3.63, 3.8) is 0 Å². The summed E-state index contributed by atoms with van der Waals surface area (Å²) in [5.41, 5.74) is 0.581. The number of aryl methyl sites for hydroxylation is 1. The van der Waals surface area contributed by atoms with Gasteiger partial charge in [0.25, 0.3) is 5.91 Å². The SMILES string of the molecule is Cc1occc1C(=O)NC(C)Cn1cccn1. The molecule has 17 heavy (non-hydrogen) atoms. The molecule has 2 aromatic rings. The van der Waals surface area contributed by atoms with E-state index in [1.165, 1.54) is 6.26 Å². The maximum Gasteiger partial charge on any atom is 0.255 e. The second-order valence-corrected chi connectivity index (χ2v) is 3.99. The van der Waals surface area contributed by atoms with E-state index in [9.17, 15) is 4.79 Å². The summed E-state index contributed by atoms with van der Waals surface area (Å²) in [4.78, 5) is 11.9. The van der Waals surface area contributed by atoms with E-state index in [2.05, 4.69) is 10.4 Å². The van der Waals surface area contributed by atoms with E-state index in [-0.39, 0.29) is 11.9 Å². The number of aromatic nitrogens is 2. The lowest BCUT2D eigenvalue weighted by Crippen LogP contribution is -2.35. The van der Waals surface area contributed by atoms with E-state index >= 15 is 0 Å². The minimum Gasteiger partial charge on any atom is -0.469 e. The second kappa shape index (κ2) is 4.86. The highest BCUT2D eigenvalue weighted by molar-refractivity contribution is 5.95. The molecule has 1 atom stereocenters. The van der Waals surface area contributed by atoms with Crippen LogP contribution >= 0.6 is 0 Å². The molecule has 5 nitrogen and oxygen atoms in total. The third kappa shape index (κ3) is 2.75. The Kier molecular flexibility index (Phi) is 3.27. The minimum absolute atomic E-state index is 0.0108. The number of nitrogens with zero attached hydrogens (tertiary/aromatic N) is 2. The van der Waals surface area contributed by atoms with Crippen LogP contribution in [0, 0.1) is 6.92 Å². The van der Waals surface area contributed by atoms with Gasteiger partial charge in [-0.3, -0.25) is 9.48 Å². The summed E-state index contributed by atoms with van der Waals surface area (Å²) in [6.45, 7) is 4.36. The van der Waals surface area contributed by atoms with Crippen LogP contribution < -0.4 is 5.32 Å². The molecule has 0 saturated heterocycles. The molecule has 1 unspecified atom stereocenters. The van der Waals surface area contributed by atoms with Crippen LogP contribution in [0.15, 0.2) is 35.2 Å². The Labute approximate surface area is 99.4 Å². The van der Waals surface area contributed by atoms with Gasteiger partial charge in [-0.25, -0.2) is 0 Å². The third-order valence-electron chi connectivity index (χ3n) is 2.50. The fraction of sp³-hybridized carbons (Fsp3) is 0.333. The smallest absolute Gasteiger partial charge is 0.255 e. The van der Waals surface area contributed by atoms with Crippen molar-refractivity contribution in [1.82, 2.24) is 15.1 Å². The number of hydrogen-bond donors (Lipinski definition) is 1. The fourth-order valence-electron chi connectivity index (χ4n) is 1.66. The first-order valence-corrected chi connectivity index (χ1v) is 5.49. The molecule has 0 aliphatic rings. The lowest BCUT2D eigenvalue weighted by molar-refractivity contribution is 0.0934. The first kappa shape index (κ1) is 11.4. The van der Waals surface area contributed by atoms with Gasteiger partial charge >= 0.3 is 0 Å². The largest absolute Gasteiger partial charge is 0.469 e. The predicted molar refractivity (Wildman–Crippen MR) is 62.6 cm³/mol. The summed E-state index contributed by atoms with van der Waals surface area (Å²) in [6.07, 6.45) is 5.10. The third-order valence-corrected chi connectivity index (χ3v) is 2.50. The molecule has 0 aliphatic heterocycles. The van der Waals surface area contributed by atoms with E-state index in [1.807, 2.05) is 19.2 Å². The predicted octanol–water partition coefficient (Wildman–Crippen LogP) is 1.60. The van der Waals surface area contributed by atoms with Crippen LogP contribution in [-0.4, -0.2) is 21.7 Å². The van der Waals surface area contributed by atoms with Gasteiger partial charge < -0.3 is 9.73 Å². The zero-order chi connectivity index (χ0) is 12.3. The van der Waals surface area contributed by atoms with Gasteiger partial charge in [0.15, 0.2) is 0 Å². The molecule has 0 radical (unpaired) electrons. The minimum atomic E-state index is -0.115. The van der Waals surface area contributed by atoms with Crippen LogP contribution in [0.5, 0.6) is 0 Å². The molecule has 2 rings (SSSR count). The maximum atomic E-state index is 11.9. The van der Waals surface area contributed by atoms with Gasteiger partial charge in [0.2, 0.25) is 0 Å². The summed E-state index contributed by atoms with van der Waals surface area (Å²) in [7, 11) is 0. The fourth-order valence-corrected chi connectivity index (χ4v) is 1.66. The number of amides is 1. The summed E-state index contributed by atoms with van der Waals surface area (Å²) in [6, 6.07) is 3.54. The van der Waals surface area contributed by atoms with Crippen molar-refractivity contribution >= 4 is 5.91 Å². The van der Waals surface area contributed by atoms with Crippen molar-refractivity contribution in [2.45, 2.75) is 26.4 Å². The Morgan fingerprint density at radius 2 is 2.47 bits per heavy atom. The highest BCUT2D eigenvalue weighted by Gasteiger charge is 2.14. The van der Waals surface area contributed by atoms with E-state index in [0.717, 1.165) is 0 Å².